The number of esters is 1. The molecule has 0 aromatic heterocycles. The van der Waals surface area contributed by atoms with Crippen molar-refractivity contribution in [1.82, 2.24) is 4.90 Å². The van der Waals surface area contributed by atoms with Crippen LogP contribution >= 0.6 is 0 Å². The summed E-state index contributed by atoms with van der Waals surface area (Å²) in [6.07, 6.45) is 0.285. The molecule has 0 bridgehead atoms. The smallest absolute Gasteiger partial charge is 0.340 e. The van der Waals surface area contributed by atoms with Gasteiger partial charge in [0.15, 0.2) is 6.29 Å². The Bertz CT molecular complexity index is 901. The van der Waals surface area contributed by atoms with Crippen molar-refractivity contribution < 1.29 is 33.3 Å². The molecule has 0 aromatic rings. The molecule has 0 amide bonds. The number of nitrogens with zero attached hydrogens (tertiary/aromatic N) is 4. The minimum absolute atomic E-state index is 0.0413. The largest absolute Gasteiger partial charge is 0.456 e. The van der Waals surface area contributed by atoms with E-state index in [1.165, 1.54) is 0 Å². The molecule has 0 radical (unpaired) electrons. The lowest BCUT2D eigenvalue weighted by molar-refractivity contribution is -0.285. The summed E-state index contributed by atoms with van der Waals surface area (Å²) in [6.45, 7) is 12.9. The second-order valence-corrected chi connectivity index (χ2v) is 11.2. The molecule has 8 atom stereocenters. The Kier molecular flexibility index (Phi) is 10.6. The van der Waals surface area contributed by atoms with E-state index in [2.05, 4.69) is 21.8 Å². The van der Waals surface area contributed by atoms with Crippen molar-refractivity contribution in [2.24, 2.45) is 22.9 Å². The van der Waals surface area contributed by atoms with Gasteiger partial charge in [-0.25, -0.2) is 4.79 Å². The molecule has 2 aliphatic heterocycles. The molecule has 0 N–H and O–H groups in total. The average Bonchev–Trinajstić information content (AvgIpc) is 2.83. The van der Waals surface area contributed by atoms with Crippen LogP contribution in [-0.2, 0) is 33.3 Å². The normalized spacial score (nSPS) is 29.9. The van der Waals surface area contributed by atoms with Gasteiger partial charge in [-0.2, -0.15) is 0 Å². The molecule has 1 unspecified atom stereocenters. The highest BCUT2D eigenvalue weighted by Crippen LogP contribution is 2.41. The van der Waals surface area contributed by atoms with Crippen molar-refractivity contribution in [1.29, 1.82) is 0 Å². The van der Waals surface area contributed by atoms with Gasteiger partial charge in [-0.05, 0) is 46.3 Å². The molecule has 2 rings (SSSR count). The summed E-state index contributed by atoms with van der Waals surface area (Å²) in [6, 6.07) is 0.108. The summed E-state index contributed by atoms with van der Waals surface area (Å²) < 4.78 is 30.7. The molecule has 37 heavy (non-hydrogen) atoms. The van der Waals surface area contributed by atoms with Gasteiger partial charge in [0, 0.05) is 49.7 Å². The van der Waals surface area contributed by atoms with Gasteiger partial charge in [0.25, 0.3) is 0 Å². The van der Waals surface area contributed by atoms with Crippen LogP contribution in [0.5, 0.6) is 0 Å². The number of azide groups is 1. The number of carbonyl (C=O) groups excluding carboxylic acids is 2. The Morgan fingerprint density at radius 1 is 1.32 bits per heavy atom. The van der Waals surface area contributed by atoms with Crippen molar-refractivity contribution in [2.75, 3.05) is 27.7 Å². The second-order valence-electron chi connectivity index (χ2n) is 11.2. The number of hydrogen-bond acceptors (Lipinski definition) is 9. The highest BCUT2D eigenvalue weighted by atomic mass is 16.7. The third-order valence-electron chi connectivity index (χ3n) is 7.43. The maximum Gasteiger partial charge on any atom is 0.340 e. The van der Waals surface area contributed by atoms with E-state index in [-0.39, 0.29) is 30.5 Å². The van der Waals surface area contributed by atoms with E-state index in [1.807, 2.05) is 34.9 Å². The topological polar surface area (TPSA) is 132 Å². The van der Waals surface area contributed by atoms with Crippen LogP contribution in [0, 0.1) is 17.8 Å². The van der Waals surface area contributed by atoms with Crippen LogP contribution in [0.25, 0.3) is 10.4 Å². The van der Waals surface area contributed by atoms with Crippen molar-refractivity contribution in [3.8, 4) is 0 Å². The monoisotopic (exact) mass is 524 g/mol. The lowest BCUT2D eigenvalue weighted by atomic mass is 9.80. The summed E-state index contributed by atoms with van der Waals surface area (Å²) in [7, 11) is 5.58. The van der Waals surface area contributed by atoms with Crippen molar-refractivity contribution >= 4 is 12.3 Å². The highest BCUT2D eigenvalue weighted by molar-refractivity contribution is 5.89. The van der Waals surface area contributed by atoms with Crippen LogP contribution in [0.4, 0.5) is 0 Å². The summed E-state index contributed by atoms with van der Waals surface area (Å²) in [4.78, 5) is 29.3. The van der Waals surface area contributed by atoms with Crippen LogP contribution in [0.15, 0.2) is 16.4 Å². The zero-order valence-corrected chi connectivity index (χ0v) is 23.9. The highest BCUT2D eigenvalue weighted by Gasteiger charge is 2.48. The van der Waals surface area contributed by atoms with Crippen molar-refractivity contribution in [3.63, 3.8) is 0 Å². The molecule has 210 valence electrons. The van der Waals surface area contributed by atoms with E-state index < -0.39 is 35.7 Å². The van der Waals surface area contributed by atoms with Gasteiger partial charge in [0.1, 0.15) is 12.0 Å². The van der Waals surface area contributed by atoms with E-state index in [9.17, 15) is 9.59 Å². The quantitative estimate of drug-likeness (QED) is 0.122. The first-order valence-electron chi connectivity index (χ1n) is 12.8. The fraction of sp³-hybridized carbons (Fsp3) is 0.846. The average molecular weight is 525 g/mol. The number of hydrogen-bond donors (Lipinski definition) is 0. The number of rotatable bonds is 12. The molecule has 2 aliphatic rings. The Morgan fingerprint density at radius 2 is 1.97 bits per heavy atom. The number of cyclic esters (lactones) is 1. The fourth-order valence-electron chi connectivity index (χ4n) is 5.39. The minimum Gasteiger partial charge on any atom is -0.456 e. The van der Waals surface area contributed by atoms with Gasteiger partial charge in [-0.15, -0.1) is 0 Å². The summed E-state index contributed by atoms with van der Waals surface area (Å²) in [5, 5.41) is 3.73. The summed E-state index contributed by atoms with van der Waals surface area (Å²) in [5.74, 6) is -1.95. The first-order valence-corrected chi connectivity index (χ1v) is 12.8. The maximum atomic E-state index is 12.6. The molecule has 0 aliphatic carbocycles. The first-order chi connectivity index (χ1) is 17.2. The van der Waals surface area contributed by atoms with Crippen LogP contribution in [0.3, 0.4) is 0 Å². The zero-order valence-electron chi connectivity index (χ0n) is 23.9. The number of carbonyl (C=O) groups is 2. The molecule has 1 saturated heterocycles. The Balaban J connectivity index is 2.54. The van der Waals surface area contributed by atoms with Crippen molar-refractivity contribution in [2.45, 2.75) is 97.2 Å². The molecule has 2 heterocycles. The first kappa shape index (κ1) is 31.1. The Hall–Kier alpha value is -2.17. The lowest BCUT2D eigenvalue weighted by Gasteiger charge is -2.48. The number of ether oxygens (including phenoxy) is 5. The molecule has 11 nitrogen and oxygen atoms in total. The zero-order chi connectivity index (χ0) is 28.1. The summed E-state index contributed by atoms with van der Waals surface area (Å²) in [5.41, 5.74) is 8.27. The standard InChI is InChI=1S/C26H44N4O7/c1-15(14-31)12-26(7,33-10)22(17(3)21-18(4)23(32)37-25(5,6)36-21)35-24-16(2)20(30(8)9)11-19(34-24)13-28-29-27/h14-17,19-20,22,24H,11-13H2,1-10H3/t15-,16-,17+,19+,20?,22-,24+,26-/m1/s1. The number of methoxy groups -OCH3 is 1. The Labute approximate surface area is 220 Å². The van der Waals surface area contributed by atoms with E-state index in [1.54, 1.807) is 27.9 Å². The maximum absolute atomic E-state index is 12.6. The second kappa shape index (κ2) is 12.6. The molecular weight excluding hydrogens is 480 g/mol. The Morgan fingerprint density at radius 3 is 2.51 bits per heavy atom. The predicted octanol–water partition coefficient (Wildman–Crippen LogP) is 4.21. The molecule has 0 saturated carbocycles. The van der Waals surface area contributed by atoms with Crippen LogP contribution in [0.1, 0.15) is 61.3 Å². The molecule has 11 heteroatoms. The van der Waals surface area contributed by atoms with Gasteiger partial charge in [-0.1, -0.05) is 25.9 Å². The molecule has 0 spiro atoms. The SMILES string of the molecule is CO[C@](C)(C[C@@H](C)C=O)[C@H](O[C@@H]1O[C@H](CN=[N+]=[N-])CC(N(C)C)[C@H]1C)[C@@H](C)C1=C(C)C(=O)OC(C)(C)O1. The van der Waals surface area contributed by atoms with E-state index in [0.29, 0.717) is 24.2 Å². The number of aldehydes is 1. The predicted molar refractivity (Wildman–Crippen MR) is 137 cm³/mol. The van der Waals surface area contributed by atoms with Gasteiger partial charge in [0.05, 0.1) is 29.9 Å². The fourth-order valence-corrected chi connectivity index (χ4v) is 5.39. The molecule has 0 aromatic carbocycles. The third-order valence-corrected chi connectivity index (χ3v) is 7.43. The summed E-state index contributed by atoms with van der Waals surface area (Å²) >= 11 is 0. The lowest BCUT2D eigenvalue weighted by Crippen LogP contribution is -2.56. The van der Waals surface area contributed by atoms with E-state index in [4.69, 9.17) is 29.2 Å². The third kappa shape index (κ3) is 7.45. The van der Waals surface area contributed by atoms with Crippen molar-refractivity contribution in [3.05, 3.63) is 21.8 Å². The van der Waals surface area contributed by atoms with E-state index in [0.717, 1.165) is 6.29 Å². The van der Waals surface area contributed by atoms with Crippen LogP contribution < -0.4 is 0 Å². The van der Waals surface area contributed by atoms with Gasteiger partial charge in [0.2, 0.25) is 5.79 Å². The van der Waals surface area contributed by atoms with Crippen LogP contribution in [0.2, 0.25) is 0 Å². The van der Waals surface area contributed by atoms with Gasteiger partial charge in [-0.3, -0.25) is 0 Å². The van der Waals surface area contributed by atoms with Gasteiger partial charge < -0.3 is 33.4 Å². The van der Waals surface area contributed by atoms with E-state index >= 15 is 0 Å². The molecule has 1 fully saturated rings. The minimum atomic E-state index is -1.14. The molecular formula is C26H44N4O7. The van der Waals surface area contributed by atoms with Gasteiger partial charge >= 0.3 is 5.97 Å². The van der Waals surface area contributed by atoms with Crippen LogP contribution in [-0.4, -0.2) is 80.8 Å².